The van der Waals surface area contributed by atoms with Crippen LogP contribution in [0.1, 0.15) is 38.4 Å². The normalized spacial score (nSPS) is 15.8. The molecule has 40 heavy (non-hydrogen) atoms. The lowest BCUT2D eigenvalue weighted by Crippen LogP contribution is -2.60. The molecule has 3 rings (SSSR count). The summed E-state index contributed by atoms with van der Waals surface area (Å²) in [5.74, 6) is -3.79. The second-order valence-electron chi connectivity index (χ2n) is 9.95. The van der Waals surface area contributed by atoms with Gasteiger partial charge in [0.1, 0.15) is 12.1 Å². The van der Waals surface area contributed by atoms with Gasteiger partial charge in [0.25, 0.3) is 0 Å². The van der Waals surface area contributed by atoms with Gasteiger partial charge in [0.15, 0.2) is 6.04 Å². The Morgan fingerprint density at radius 1 is 0.975 bits per heavy atom. The average molecular weight is 556 g/mol. The van der Waals surface area contributed by atoms with Crippen LogP contribution in [0, 0.1) is 5.92 Å². The van der Waals surface area contributed by atoms with Gasteiger partial charge in [-0.2, -0.15) is 0 Å². The third-order valence-electron chi connectivity index (χ3n) is 6.90. The van der Waals surface area contributed by atoms with E-state index in [0.717, 1.165) is 16.5 Å². The van der Waals surface area contributed by atoms with Crippen molar-refractivity contribution in [3.05, 3.63) is 54.2 Å². The fraction of sp³-hybridized carbons (Fsp3) is 0.444. The van der Waals surface area contributed by atoms with Crippen molar-refractivity contribution in [1.82, 2.24) is 30.9 Å². The molecule has 13 nitrogen and oxygen atoms in total. The van der Waals surface area contributed by atoms with Crippen LogP contribution in [0.3, 0.4) is 0 Å². The molecule has 0 aliphatic heterocycles. The number of amides is 3. The molecule has 216 valence electrons. The number of carbonyl (C=O) groups is 4. The standard InChI is InChI=1S/C27H37N7O6/c1-4-14(2)22(26(38)34-23(15(3)35)27(39)40)33-25(37)21(10-17-12-29-13-31-17)32-24(36)19(28)9-16-11-30-20-8-6-5-7-18(16)20/h5-8,11-15,19,21-23,30,35H,4,9-10,28H2,1-3H3,(H,29,31)(H,32,36)(H,33,37)(H,34,38)(H,39,40). The summed E-state index contributed by atoms with van der Waals surface area (Å²) in [7, 11) is 0. The van der Waals surface area contributed by atoms with Crippen LogP contribution < -0.4 is 21.7 Å². The average Bonchev–Trinajstić information content (AvgIpc) is 3.59. The van der Waals surface area contributed by atoms with Crippen molar-refractivity contribution in [2.45, 2.75) is 70.3 Å². The number of H-pyrrole nitrogens is 2. The molecular formula is C27H37N7O6. The number of carboxylic acids is 1. The lowest BCUT2D eigenvalue weighted by molar-refractivity contribution is -0.145. The number of aromatic nitrogens is 3. The Kier molecular flexibility index (Phi) is 10.4. The van der Waals surface area contributed by atoms with E-state index in [4.69, 9.17) is 5.73 Å². The molecule has 0 saturated heterocycles. The summed E-state index contributed by atoms with van der Waals surface area (Å²) >= 11 is 0. The Hall–Kier alpha value is -4.23. The molecule has 6 atom stereocenters. The fourth-order valence-corrected chi connectivity index (χ4v) is 4.32. The van der Waals surface area contributed by atoms with Crippen molar-refractivity contribution in [2.24, 2.45) is 11.7 Å². The van der Waals surface area contributed by atoms with Crippen LogP contribution in [0.5, 0.6) is 0 Å². The van der Waals surface area contributed by atoms with Crippen molar-refractivity contribution in [3.63, 3.8) is 0 Å². The smallest absolute Gasteiger partial charge is 0.328 e. The highest BCUT2D eigenvalue weighted by atomic mass is 16.4. The van der Waals surface area contributed by atoms with Crippen molar-refractivity contribution in [1.29, 1.82) is 0 Å². The van der Waals surface area contributed by atoms with Crippen LogP contribution in [0.25, 0.3) is 10.9 Å². The zero-order valence-electron chi connectivity index (χ0n) is 22.7. The Balaban J connectivity index is 1.76. The van der Waals surface area contributed by atoms with E-state index in [2.05, 4.69) is 30.9 Å². The second-order valence-corrected chi connectivity index (χ2v) is 9.95. The van der Waals surface area contributed by atoms with Gasteiger partial charge in [-0.25, -0.2) is 9.78 Å². The van der Waals surface area contributed by atoms with E-state index in [1.54, 1.807) is 13.1 Å². The van der Waals surface area contributed by atoms with E-state index in [-0.39, 0.29) is 18.8 Å². The number of aliphatic hydroxyl groups is 1. The number of aliphatic hydroxyl groups excluding tert-OH is 1. The summed E-state index contributed by atoms with van der Waals surface area (Å²) in [5, 5.41) is 27.7. The van der Waals surface area contributed by atoms with Gasteiger partial charge in [-0.05, 0) is 30.9 Å². The first-order chi connectivity index (χ1) is 19.0. The first-order valence-corrected chi connectivity index (χ1v) is 13.1. The molecular weight excluding hydrogens is 518 g/mol. The summed E-state index contributed by atoms with van der Waals surface area (Å²) in [4.78, 5) is 61.1. The van der Waals surface area contributed by atoms with E-state index >= 15 is 0 Å². The number of fused-ring (bicyclic) bond motifs is 1. The number of carboxylic acid groups (broad SMARTS) is 1. The zero-order chi connectivity index (χ0) is 29.4. The molecule has 0 fully saturated rings. The number of nitrogens with zero attached hydrogens (tertiary/aromatic N) is 1. The van der Waals surface area contributed by atoms with Crippen LogP contribution in [-0.4, -0.2) is 79.1 Å². The maximum atomic E-state index is 13.5. The molecule has 6 unspecified atom stereocenters. The van der Waals surface area contributed by atoms with Crippen molar-refractivity contribution in [2.75, 3.05) is 0 Å². The highest BCUT2D eigenvalue weighted by molar-refractivity contribution is 5.94. The number of aromatic amines is 2. The number of hydrogen-bond donors (Lipinski definition) is 8. The molecule has 0 bridgehead atoms. The molecule has 13 heteroatoms. The molecule has 0 saturated carbocycles. The van der Waals surface area contributed by atoms with Gasteiger partial charge in [-0.15, -0.1) is 0 Å². The first kappa shape index (κ1) is 30.3. The minimum Gasteiger partial charge on any atom is -0.480 e. The molecule has 0 aliphatic carbocycles. The van der Waals surface area contributed by atoms with Crippen LogP contribution in [0.2, 0.25) is 0 Å². The van der Waals surface area contributed by atoms with Crippen LogP contribution >= 0.6 is 0 Å². The number of imidazole rings is 1. The van der Waals surface area contributed by atoms with Crippen molar-refractivity contribution in [3.8, 4) is 0 Å². The SMILES string of the molecule is CCC(C)C(NC(=O)C(Cc1cnc[nH]1)NC(=O)C(N)Cc1c[nH]c2ccccc12)C(=O)NC(C(=O)O)C(C)O. The summed E-state index contributed by atoms with van der Waals surface area (Å²) < 4.78 is 0. The molecule has 0 radical (unpaired) electrons. The van der Waals surface area contributed by atoms with Gasteiger partial charge in [0.2, 0.25) is 17.7 Å². The summed E-state index contributed by atoms with van der Waals surface area (Å²) in [5.41, 5.74) is 8.56. The van der Waals surface area contributed by atoms with Gasteiger partial charge >= 0.3 is 5.97 Å². The van der Waals surface area contributed by atoms with Crippen LogP contribution in [-0.2, 0) is 32.0 Å². The summed E-state index contributed by atoms with van der Waals surface area (Å²) in [6.07, 6.45) is 4.13. The Morgan fingerprint density at radius 3 is 2.30 bits per heavy atom. The monoisotopic (exact) mass is 555 g/mol. The lowest BCUT2D eigenvalue weighted by atomic mass is 9.96. The number of para-hydroxylation sites is 1. The minimum atomic E-state index is -1.56. The predicted octanol–water partition coefficient (Wildman–Crippen LogP) is -0.0306. The summed E-state index contributed by atoms with van der Waals surface area (Å²) in [6, 6.07) is 2.86. The summed E-state index contributed by atoms with van der Waals surface area (Å²) in [6.45, 7) is 4.78. The third kappa shape index (κ3) is 7.67. The Labute approximate surface area is 231 Å². The number of aliphatic carboxylic acids is 1. The van der Waals surface area contributed by atoms with Gasteiger partial charge < -0.3 is 41.9 Å². The van der Waals surface area contributed by atoms with Gasteiger partial charge in [0.05, 0.1) is 18.5 Å². The van der Waals surface area contributed by atoms with E-state index in [9.17, 15) is 29.4 Å². The quantitative estimate of drug-likeness (QED) is 0.135. The predicted molar refractivity (Wildman–Crippen MR) is 147 cm³/mol. The molecule has 3 aromatic rings. The lowest BCUT2D eigenvalue weighted by Gasteiger charge is -2.28. The second kappa shape index (κ2) is 13.7. The number of benzene rings is 1. The third-order valence-corrected chi connectivity index (χ3v) is 6.90. The number of nitrogens with two attached hydrogens (primary N) is 1. The minimum absolute atomic E-state index is 0.0393. The van der Waals surface area contributed by atoms with Gasteiger partial charge in [0, 0.05) is 35.4 Å². The van der Waals surface area contributed by atoms with E-state index < -0.39 is 54.0 Å². The number of hydrogen-bond acceptors (Lipinski definition) is 7. The van der Waals surface area contributed by atoms with Crippen LogP contribution in [0.4, 0.5) is 0 Å². The number of carbonyl (C=O) groups excluding carboxylic acids is 3. The number of rotatable bonds is 14. The topological polar surface area (TPSA) is 215 Å². The molecule has 0 aliphatic rings. The largest absolute Gasteiger partial charge is 0.480 e. The van der Waals surface area contributed by atoms with Gasteiger partial charge in [-0.1, -0.05) is 38.5 Å². The van der Waals surface area contributed by atoms with E-state index in [1.807, 2.05) is 31.2 Å². The first-order valence-electron chi connectivity index (χ1n) is 13.1. The highest BCUT2D eigenvalue weighted by Crippen LogP contribution is 2.19. The maximum absolute atomic E-state index is 13.5. The van der Waals surface area contributed by atoms with Crippen LogP contribution in [0.15, 0.2) is 43.0 Å². The molecule has 0 spiro atoms. The molecule has 9 N–H and O–H groups in total. The molecule has 1 aromatic carbocycles. The van der Waals surface area contributed by atoms with Crippen molar-refractivity contribution < 1.29 is 29.4 Å². The Bertz CT molecular complexity index is 1310. The zero-order valence-corrected chi connectivity index (χ0v) is 22.7. The van der Waals surface area contributed by atoms with E-state index in [1.165, 1.54) is 19.4 Å². The highest BCUT2D eigenvalue weighted by Gasteiger charge is 2.34. The van der Waals surface area contributed by atoms with Gasteiger partial charge in [-0.3, -0.25) is 14.4 Å². The molecule has 3 amide bonds. The van der Waals surface area contributed by atoms with Crippen molar-refractivity contribution >= 4 is 34.6 Å². The molecule has 2 aromatic heterocycles. The Morgan fingerprint density at radius 2 is 1.68 bits per heavy atom. The molecule has 2 heterocycles. The fourth-order valence-electron chi connectivity index (χ4n) is 4.32. The maximum Gasteiger partial charge on any atom is 0.328 e. The number of nitrogens with one attached hydrogen (secondary N) is 5. The van der Waals surface area contributed by atoms with E-state index in [0.29, 0.717) is 12.1 Å².